The van der Waals surface area contributed by atoms with Gasteiger partial charge in [0, 0.05) is 24.7 Å². The molecule has 0 aliphatic heterocycles. The summed E-state index contributed by atoms with van der Waals surface area (Å²) in [5.74, 6) is 0. The van der Waals surface area contributed by atoms with Gasteiger partial charge in [0.2, 0.25) is 0 Å². The Hall–Kier alpha value is -1.02. The Bertz CT molecular complexity index is 314. The Labute approximate surface area is 98.9 Å². The second-order valence-electron chi connectivity index (χ2n) is 5.01. The molecule has 0 heterocycles. The molecule has 1 N–H and O–H groups in total. The van der Waals surface area contributed by atoms with Crippen molar-refractivity contribution in [3.8, 4) is 0 Å². The minimum absolute atomic E-state index is 0.0142. The molecule has 0 saturated carbocycles. The van der Waals surface area contributed by atoms with Crippen molar-refractivity contribution in [1.29, 1.82) is 0 Å². The van der Waals surface area contributed by atoms with Gasteiger partial charge in [0.15, 0.2) is 0 Å². The molecule has 90 valence electrons. The molecular weight excluding hydrogens is 198 g/mol. The molecule has 1 unspecified atom stereocenters. The van der Waals surface area contributed by atoms with Gasteiger partial charge in [0.25, 0.3) is 0 Å². The zero-order valence-electron chi connectivity index (χ0n) is 10.8. The second-order valence-corrected chi connectivity index (χ2v) is 5.01. The maximum Gasteiger partial charge on any atom is 0.0501 e. The highest BCUT2D eigenvalue weighted by atomic mass is 16.3. The van der Waals surface area contributed by atoms with Gasteiger partial charge in [-0.05, 0) is 25.5 Å². The van der Waals surface area contributed by atoms with Crippen molar-refractivity contribution in [2.24, 2.45) is 5.41 Å². The number of rotatable bonds is 5. The summed E-state index contributed by atoms with van der Waals surface area (Å²) >= 11 is 0. The smallest absolute Gasteiger partial charge is 0.0501 e. The first-order valence-electron chi connectivity index (χ1n) is 5.89. The van der Waals surface area contributed by atoms with Crippen LogP contribution in [0, 0.1) is 12.3 Å². The molecule has 0 aliphatic rings. The average Bonchev–Trinajstić information content (AvgIpc) is 2.29. The number of aryl methyl sites for hydroxylation is 1. The monoisotopic (exact) mass is 221 g/mol. The van der Waals surface area contributed by atoms with E-state index in [1.54, 1.807) is 0 Å². The summed E-state index contributed by atoms with van der Waals surface area (Å²) in [7, 11) is 2.08. The lowest BCUT2D eigenvalue weighted by molar-refractivity contribution is 0.144. The summed E-state index contributed by atoms with van der Waals surface area (Å²) in [5, 5.41) is 9.40. The van der Waals surface area contributed by atoms with Gasteiger partial charge in [-0.1, -0.05) is 31.5 Å². The van der Waals surface area contributed by atoms with E-state index in [1.807, 2.05) is 0 Å². The van der Waals surface area contributed by atoms with Crippen molar-refractivity contribution in [1.82, 2.24) is 0 Å². The van der Waals surface area contributed by atoms with E-state index in [9.17, 15) is 5.11 Å². The first-order valence-corrected chi connectivity index (χ1v) is 5.89. The van der Waals surface area contributed by atoms with Crippen molar-refractivity contribution in [3.63, 3.8) is 0 Å². The van der Waals surface area contributed by atoms with Crippen molar-refractivity contribution in [2.75, 3.05) is 25.1 Å². The lowest BCUT2D eigenvalue weighted by Crippen LogP contribution is -2.35. The van der Waals surface area contributed by atoms with E-state index in [4.69, 9.17) is 0 Å². The van der Waals surface area contributed by atoms with Crippen LogP contribution in [0.2, 0.25) is 0 Å². The highest BCUT2D eigenvalue weighted by Crippen LogP contribution is 2.24. The van der Waals surface area contributed by atoms with Crippen LogP contribution < -0.4 is 4.90 Å². The summed E-state index contributed by atoms with van der Waals surface area (Å²) in [5.41, 5.74) is 2.47. The molecule has 0 aliphatic carbocycles. The molecule has 2 heteroatoms. The summed E-state index contributed by atoms with van der Waals surface area (Å²) in [6, 6.07) is 8.49. The number of benzene rings is 1. The van der Waals surface area contributed by atoms with Crippen molar-refractivity contribution < 1.29 is 5.11 Å². The largest absolute Gasteiger partial charge is 0.396 e. The summed E-state index contributed by atoms with van der Waals surface area (Å²) in [6.07, 6.45) is 0.986. The van der Waals surface area contributed by atoms with Crippen LogP contribution >= 0.6 is 0 Å². The van der Waals surface area contributed by atoms with Gasteiger partial charge in [0.05, 0.1) is 6.61 Å². The van der Waals surface area contributed by atoms with Gasteiger partial charge in [-0.3, -0.25) is 0 Å². The van der Waals surface area contributed by atoms with E-state index in [0.29, 0.717) is 0 Å². The topological polar surface area (TPSA) is 23.5 Å². The van der Waals surface area contributed by atoms with E-state index in [-0.39, 0.29) is 12.0 Å². The fourth-order valence-corrected chi connectivity index (χ4v) is 1.74. The van der Waals surface area contributed by atoms with Crippen LogP contribution in [0.25, 0.3) is 0 Å². The number of anilines is 1. The SMILES string of the molecule is CCC(C)(CO)CN(C)c1ccc(C)cc1. The number of hydrogen-bond donors (Lipinski definition) is 1. The fourth-order valence-electron chi connectivity index (χ4n) is 1.74. The lowest BCUT2D eigenvalue weighted by atomic mass is 9.88. The van der Waals surface area contributed by atoms with E-state index in [1.165, 1.54) is 11.3 Å². The summed E-state index contributed by atoms with van der Waals surface area (Å²) in [6.45, 7) is 7.45. The van der Waals surface area contributed by atoms with Gasteiger partial charge >= 0.3 is 0 Å². The molecular formula is C14H23NO. The number of hydrogen-bond acceptors (Lipinski definition) is 2. The molecule has 0 bridgehead atoms. The normalized spacial score (nSPS) is 14.6. The molecule has 0 radical (unpaired) electrons. The zero-order chi connectivity index (χ0) is 12.2. The highest BCUT2D eigenvalue weighted by molar-refractivity contribution is 5.46. The van der Waals surface area contributed by atoms with Crippen molar-refractivity contribution >= 4 is 5.69 Å². The average molecular weight is 221 g/mol. The van der Waals surface area contributed by atoms with Crippen molar-refractivity contribution in [2.45, 2.75) is 27.2 Å². The Kier molecular flexibility index (Phi) is 4.36. The maximum absolute atomic E-state index is 9.40. The predicted octanol–water partition coefficient (Wildman–Crippen LogP) is 2.84. The Morgan fingerprint density at radius 3 is 2.25 bits per heavy atom. The van der Waals surface area contributed by atoms with Gasteiger partial charge in [-0.15, -0.1) is 0 Å². The van der Waals surface area contributed by atoms with Crippen LogP contribution in [0.5, 0.6) is 0 Å². The third-order valence-electron chi connectivity index (χ3n) is 3.33. The zero-order valence-corrected chi connectivity index (χ0v) is 10.8. The number of aliphatic hydroxyl groups excluding tert-OH is 1. The third kappa shape index (κ3) is 3.24. The molecule has 1 aromatic carbocycles. The van der Waals surface area contributed by atoms with E-state index in [0.717, 1.165) is 13.0 Å². The molecule has 0 amide bonds. The molecule has 0 fully saturated rings. The van der Waals surface area contributed by atoms with Crippen molar-refractivity contribution in [3.05, 3.63) is 29.8 Å². The van der Waals surface area contributed by atoms with Crippen LogP contribution in [-0.2, 0) is 0 Å². The number of nitrogens with zero attached hydrogens (tertiary/aromatic N) is 1. The quantitative estimate of drug-likeness (QED) is 0.826. The number of aliphatic hydroxyl groups is 1. The van der Waals surface area contributed by atoms with Crippen LogP contribution in [0.3, 0.4) is 0 Å². The molecule has 0 saturated heterocycles. The fraction of sp³-hybridized carbons (Fsp3) is 0.571. The van der Waals surface area contributed by atoms with E-state index in [2.05, 4.69) is 57.0 Å². The van der Waals surface area contributed by atoms with Gasteiger partial charge in [0.1, 0.15) is 0 Å². The van der Waals surface area contributed by atoms with Gasteiger partial charge < -0.3 is 10.0 Å². The standard InChI is InChI=1S/C14H23NO/c1-5-14(3,11-16)10-15(4)13-8-6-12(2)7-9-13/h6-9,16H,5,10-11H2,1-4H3. The molecule has 16 heavy (non-hydrogen) atoms. The van der Waals surface area contributed by atoms with Crippen LogP contribution in [0.15, 0.2) is 24.3 Å². The Morgan fingerprint density at radius 1 is 1.25 bits per heavy atom. The third-order valence-corrected chi connectivity index (χ3v) is 3.33. The second kappa shape index (κ2) is 5.35. The molecule has 0 spiro atoms. The molecule has 1 rings (SSSR count). The Morgan fingerprint density at radius 2 is 1.81 bits per heavy atom. The minimum Gasteiger partial charge on any atom is -0.396 e. The highest BCUT2D eigenvalue weighted by Gasteiger charge is 2.23. The molecule has 0 aromatic heterocycles. The lowest BCUT2D eigenvalue weighted by Gasteiger charge is -2.32. The van der Waals surface area contributed by atoms with Gasteiger partial charge in [-0.25, -0.2) is 0 Å². The van der Waals surface area contributed by atoms with Crippen LogP contribution in [0.4, 0.5) is 5.69 Å². The molecule has 1 aromatic rings. The first-order chi connectivity index (χ1) is 7.50. The van der Waals surface area contributed by atoms with Crippen LogP contribution in [0.1, 0.15) is 25.8 Å². The molecule has 2 nitrogen and oxygen atoms in total. The summed E-state index contributed by atoms with van der Waals surface area (Å²) < 4.78 is 0. The minimum atomic E-state index is -0.0142. The van der Waals surface area contributed by atoms with E-state index >= 15 is 0 Å². The van der Waals surface area contributed by atoms with Crippen LogP contribution in [-0.4, -0.2) is 25.3 Å². The predicted molar refractivity (Wildman–Crippen MR) is 69.9 cm³/mol. The van der Waals surface area contributed by atoms with Gasteiger partial charge in [-0.2, -0.15) is 0 Å². The molecule has 1 atom stereocenters. The maximum atomic E-state index is 9.40. The summed E-state index contributed by atoms with van der Waals surface area (Å²) in [4.78, 5) is 2.21. The Balaban J connectivity index is 2.71. The first kappa shape index (κ1) is 13.0. The van der Waals surface area contributed by atoms with E-state index < -0.39 is 0 Å².